The number of para-hydroxylation sites is 1. The number of nitrogens with one attached hydrogen (secondary N) is 2. The highest BCUT2D eigenvalue weighted by molar-refractivity contribution is 6.35. The van der Waals surface area contributed by atoms with Crippen LogP contribution in [-0.2, 0) is 16.1 Å². The minimum atomic E-state index is -1.04. The fraction of sp³-hybridized carbons (Fsp3) is 0.263. The molecule has 2 N–H and O–H groups in total. The van der Waals surface area contributed by atoms with E-state index in [-0.39, 0.29) is 11.8 Å². The van der Waals surface area contributed by atoms with Crippen LogP contribution in [0, 0.1) is 5.41 Å². The first-order chi connectivity index (χ1) is 12.4. The van der Waals surface area contributed by atoms with Gasteiger partial charge in [-0.3, -0.25) is 9.59 Å². The Morgan fingerprint density at radius 1 is 1.08 bits per heavy atom. The Morgan fingerprint density at radius 3 is 2.35 bits per heavy atom. The molecule has 0 spiro atoms. The van der Waals surface area contributed by atoms with E-state index >= 15 is 0 Å². The minimum Gasteiger partial charge on any atom is -0.496 e. The van der Waals surface area contributed by atoms with Gasteiger partial charge in [0.2, 0.25) is 11.8 Å². The molecule has 2 amide bonds. The Bertz CT molecular complexity index is 830. The Kier molecular flexibility index (Phi) is 5.39. The lowest BCUT2D eigenvalue weighted by atomic mass is 10.0. The summed E-state index contributed by atoms with van der Waals surface area (Å²) in [6.07, 6.45) is 1.01. The average molecular weight is 393 g/mol. The van der Waals surface area contributed by atoms with Crippen molar-refractivity contribution in [1.29, 1.82) is 0 Å². The molecule has 2 aromatic rings. The summed E-state index contributed by atoms with van der Waals surface area (Å²) in [5.74, 6) is 0.0399. The van der Waals surface area contributed by atoms with E-state index in [9.17, 15) is 9.59 Å². The highest BCUT2D eigenvalue weighted by atomic mass is 35.5. The van der Waals surface area contributed by atoms with Crippen LogP contribution in [0.3, 0.4) is 0 Å². The summed E-state index contributed by atoms with van der Waals surface area (Å²) in [7, 11) is 1.58. The number of benzene rings is 2. The summed E-state index contributed by atoms with van der Waals surface area (Å²) >= 11 is 11.9. The average Bonchev–Trinajstić information content (AvgIpc) is 3.41. The van der Waals surface area contributed by atoms with E-state index in [0.29, 0.717) is 40.9 Å². The SMILES string of the molecule is COc1ccccc1CNC(=O)C1(C(=O)Nc2cc(Cl)cc(Cl)c2)CC1. The highest BCUT2D eigenvalue weighted by Crippen LogP contribution is 2.47. The fourth-order valence-electron chi connectivity index (χ4n) is 2.75. The van der Waals surface area contributed by atoms with Gasteiger partial charge < -0.3 is 15.4 Å². The van der Waals surface area contributed by atoms with Gasteiger partial charge in [0, 0.05) is 27.8 Å². The normalized spacial score (nSPS) is 14.4. The molecule has 0 bridgehead atoms. The van der Waals surface area contributed by atoms with Gasteiger partial charge >= 0.3 is 0 Å². The van der Waals surface area contributed by atoms with Gasteiger partial charge in [0.05, 0.1) is 7.11 Å². The van der Waals surface area contributed by atoms with Crippen molar-refractivity contribution in [1.82, 2.24) is 5.32 Å². The van der Waals surface area contributed by atoms with Crippen molar-refractivity contribution in [3.8, 4) is 5.75 Å². The van der Waals surface area contributed by atoms with Crippen LogP contribution in [0.5, 0.6) is 5.75 Å². The zero-order valence-electron chi connectivity index (χ0n) is 14.1. The molecule has 0 atom stereocenters. The standard InChI is InChI=1S/C19H18Cl2N2O3/c1-26-16-5-3-2-4-12(16)11-22-17(24)19(6-7-19)18(25)23-15-9-13(20)8-14(21)10-15/h2-5,8-10H,6-7,11H2,1H3,(H,22,24)(H,23,25). The maximum atomic E-state index is 12.6. The number of carbonyl (C=O) groups is 2. The van der Waals surface area contributed by atoms with E-state index in [4.69, 9.17) is 27.9 Å². The van der Waals surface area contributed by atoms with E-state index in [1.54, 1.807) is 25.3 Å². The topological polar surface area (TPSA) is 67.4 Å². The number of halogens is 2. The molecule has 7 heteroatoms. The molecule has 0 saturated heterocycles. The van der Waals surface area contributed by atoms with E-state index in [1.165, 1.54) is 0 Å². The first-order valence-corrected chi connectivity index (χ1v) is 8.88. The summed E-state index contributed by atoms with van der Waals surface area (Å²) in [6.45, 7) is 0.293. The molecule has 1 aliphatic rings. The predicted molar refractivity (Wildman–Crippen MR) is 102 cm³/mol. The summed E-state index contributed by atoms with van der Waals surface area (Å²) in [5.41, 5.74) is 0.272. The van der Waals surface area contributed by atoms with Crippen molar-refractivity contribution < 1.29 is 14.3 Å². The summed E-state index contributed by atoms with van der Waals surface area (Å²) < 4.78 is 5.27. The third-order valence-electron chi connectivity index (χ3n) is 4.37. The third kappa shape index (κ3) is 3.94. The summed E-state index contributed by atoms with van der Waals surface area (Å²) in [5, 5.41) is 6.40. The van der Waals surface area contributed by atoms with Crippen LogP contribution in [0.4, 0.5) is 5.69 Å². The number of amides is 2. The molecule has 1 fully saturated rings. The molecule has 3 rings (SSSR count). The molecule has 5 nitrogen and oxygen atoms in total. The Hall–Kier alpha value is -2.24. The van der Waals surface area contributed by atoms with Crippen LogP contribution in [0.25, 0.3) is 0 Å². The Balaban J connectivity index is 1.65. The van der Waals surface area contributed by atoms with Crippen molar-refractivity contribution in [2.75, 3.05) is 12.4 Å². The monoisotopic (exact) mass is 392 g/mol. The van der Waals surface area contributed by atoms with Crippen molar-refractivity contribution in [3.63, 3.8) is 0 Å². The van der Waals surface area contributed by atoms with Crippen LogP contribution in [-0.4, -0.2) is 18.9 Å². The third-order valence-corrected chi connectivity index (χ3v) is 4.81. The predicted octanol–water partition coefficient (Wildman–Crippen LogP) is 4.04. The van der Waals surface area contributed by atoms with Crippen molar-refractivity contribution >= 4 is 40.7 Å². The molecule has 1 saturated carbocycles. The molecule has 0 radical (unpaired) electrons. The first kappa shape index (κ1) is 18.5. The lowest BCUT2D eigenvalue weighted by molar-refractivity contribution is -0.134. The molecule has 136 valence electrons. The molecule has 0 aromatic heterocycles. The smallest absolute Gasteiger partial charge is 0.240 e. The van der Waals surface area contributed by atoms with Crippen LogP contribution in [0.2, 0.25) is 10.0 Å². The van der Waals surface area contributed by atoms with E-state index < -0.39 is 5.41 Å². The second-order valence-corrected chi connectivity index (χ2v) is 7.06. The molecular weight excluding hydrogens is 375 g/mol. The zero-order chi connectivity index (χ0) is 18.7. The lowest BCUT2D eigenvalue weighted by Crippen LogP contribution is -2.39. The van der Waals surface area contributed by atoms with E-state index in [1.807, 2.05) is 24.3 Å². The largest absolute Gasteiger partial charge is 0.496 e. The maximum absolute atomic E-state index is 12.6. The molecule has 1 aliphatic carbocycles. The highest BCUT2D eigenvalue weighted by Gasteiger charge is 2.56. The molecule has 0 aliphatic heterocycles. The summed E-state index contributed by atoms with van der Waals surface area (Å²) in [4.78, 5) is 25.2. The van der Waals surface area contributed by atoms with Gasteiger partial charge in [-0.2, -0.15) is 0 Å². The molecule has 0 heterocycles. The number of hydrogen-bond donors (Lipinski definition) is 2. The molecule has 2 aromatic carbocycles. The van der Waals surface area contributed by atoms with Crippen LogP contribution >= 0.6 is 23.2 Å². The number of methoxy groups -OCH3 is 1. The van der Waals surface area contributed by atoms with Crippen LogP contribution < -0.4 is 15.4 Å². The lowest BCUT2D eigenvalue weighted by Gasteiger charge is -2.16. The van der Waals surface area contributed by atoms with Crippen molar-refractivity contribution in [3.05, 3.63) is 58.1 Å². The van der Waals surface area contributed by atoms with Gasteiger partial charge in [0.1, 0.15) is 11.2 Å². The first-order valence-electron chi connectivity index (χ1n) is 8.12. The van der Waals surface area contributed by atoms with E-state index in [2.05, 4.69) is 10.6 Å². The number of rotatable bonds is 6. The minimum absolute atomic E-state index is 0.293. The Labute approximate surface area is 161 Å². The van der Waals surface area contributed by atoms with Crippen LogP contribution in [0.15, 0.2) is 42.5 Å². The summed E-state index contributed by atoms with van der Waals surface area (Å²) in [6, 6.07) is 12.2. The van der Waals surface area contributed by atoms with Gasteiger partial charge in [0.15, 0.2) is 0 Å². The van der Waals surface area contributed by atoms with Crippen LogP contribution in [0.1, 0.15) is 18.4 Å². The molecule has 26 heavy (non-hydrogen) atoms. The fourth-order valence-corrected chi connectivity index (χ4v) is 3.28. The van der Waals surface area contributed by atoms with E-state index in [0.717, 1.165) is 5.56 Å². The van der Waals surface area contributed by atoms with Gasteiger partial charge in [-0.15, -0.1) is 0 Å². The number of anilines is 1. The Morgan fingerprint density at radius 2 is 1.73 bits per heavy atom. The second-order valence-electron chi connectivity index (χ2n) is 6.19. The second kappa shape index (κ2) is 7.56. The zero-order valence-corrected chi connectivity index (χ0v) is 15.7. The maximum Gasteiger partial charge on any atom is 0.240 e. The number of ether oxygens (including phenoxy) is 1. The van der Waals surface area contributed by atoms with Gasteiger partial charge in [-0.05, 0) is 37.1 Å². The molecular formula is C19H18Cl2N2O3. The quantitative estimate of drug-likeness (QED) is 0.728. The van der Waals surface area contributed by atoms with Crippen molar-refractivity contribution in [2.24, 2.45) is 5.41 Å². The van der Waals surface area contributed by atoms with Gasteiger partial charge in [-0.1, -0.05) is 41.4 Å². The molecule has 0 unspecified atom stereocenters. The van der Waals surface area contributed by atoms with Crippen molar-refractivity contribution in [2.45, 2.75) is 19.4 Å². The van der Waals surface area contributed by atoms with Gasteiger partial charge in [0.25, 0.3) is 0 Å². The van der Waals surface area contributed by atoms with Gasteiger partial charge in [-0.25, -0.2) is 0 Å². The number of carbonyl (C=O) groups excluding carboxylic acids is 2. The number of hydrogen-bond acceptors (Lipinski definition) is 3.